The van der Waals surface area contributed by atoms with Gasteiger partial charge in [-0.3, -0.25) is 9.78 Å². The standard InChI is InChI=1S/C12H16N2O3/c1-3-8(2)6-14-11(15)10-5-4-9(7-13-10)12(16)17/h4-5,7-8H,3,6H2,1-2H3,(H,14,15)(H,16,17). The molecule has 17 heavy (non-hydrogen) atoms. The highest BCUT2D eigenvalue weighted by molar-refractivity contribution is 5.93. The second-order valence-corrected chi connectivity index (χ2v) is 3.96. The van der Waals surface area contributed by atoms with Gasteiger partial charge in [0.15, 0.2) is 0 Å². The first-order valence-corrected chi connectivity index (χ1v) is 5.52. The maximum Gasteiger partial charge on any atom is 0.337 e. The van der Waals surface area contributed by atoms with Crippen molar-refractivity contribution >= 4 is 11.9 Å². The predicted octanol–water partition coefficient (Wildman–Crippen LogP) is 1.56. The Kier molecular flexibility index (Phi) is 4.63. The molecule has 0 bridgehead atoms. The average molecular weight is 236 g/mol. The Bertz CT molecular complexity index is 401. The Labute approximate surface area is 99.9 Å². The van der Waals surface area contributed by atoms with Crippen molar-refractivity contribution in [1.29, 1.82) is 0 Å². The van der Waals surface area contributed by atoms with Gasteiger partial charge in [-0.15, -0.1) is 0 Å². The van der Waals surface area contributed by atoms with Gasteiger partial charge in [-0.2, -0.15) is 0 Å². The van der Waals surface area contributed by atoms with E-state index in [0.717, 1.165) is 6.42 Å². The monoisotopic (exact) mass is 236 g/mol. The molecule has 0 saturated carbocycles. The van der Waals surface area contributed by atoms with E-state index in [2.05, 4.69) is 17.2 Å². The molecule has 5 heteroatoms. The van der Waals surface area contributed by atoms with Gasteiger partial charge < -0.3 is 10.4 Å². The molecule has 5 nitrogen and oxygen atoms in total. The Morgan fingerprint density at radius 2 is 2.18 bits per heavy atom. The van der Waals surface area contributed by atoms with E-state index < -0.39 is 5.97 Å². The van der Waals surface area contributed by atoms with Crippen LogP contribution in [0.1, 0.15) is 41.1 Å². The van der Waals surface area contributed by atoms with Crippen LogP contribution >= 0.6 is 0 Å². The molecule has 1 rings (SSSR count). The number of aromatic carboxylic acids is 1. The Morgan fingerprint density at radius 1 is 1.47 bits per heavy atom. The molecule has 1 heterocycles. The zero-order chi connectivity index (χ0) is 12.8. The normalized spacial score (nSPS) is 11.9. The molecule has 1 aromatic rings. The first-order chi connectivity index (χ1) is 8.04. The highest BCUT2D eigenvalue weighted by atomic mass is 16.4. The molecule has 1 amide bonds. The number of carboxylic acids is 1. The molecule has 0 aliphatic carbocycles. The van der Waals surface area contributed by atoms with Crippen molar-refractivity contribution in [2.75, 3.05) is 6.54 Å². The van der Waals surface area contributed by atoms with E-state index in [9.17, 15) is 9.59 Å². The van der Waals surface area contributed by atoms with Crippen LogP contribution in [0.2, 0.25) is 0 Å². The van der Waals surface area contributed by atoms with Crippen LogP contribution in [-0.2, 0) is 0 Å². The van der Waals surface area contributed by atoms with Crippen LogP contribution < -0.4 is 5.32 Å². The lowest BCUT2D eigenvalue weighted by atomic mass is 10.1. The molecule has 1 unspecified atom stereocenters. The van der Waals surface area contributed by atoms with Gasteiger partial charge in [-0.25, -0.2) is 4.79 Å². The first-order valence-electron chi connectivity index (χ1n) is 5.52. The Balaban J connectivity index is 2.61. The van der Waals surface area contributed by atoms with E-state index in [-0.39, 0.29) is 17.2 Å². The SMILES string of the molecule is CCC(C)CNC(=O)c1ccc(C(=O)O)cn1. The number of carbonyl (C=O) groups is 2. The molecule has 2 N–H and O–H groups in total. The number of carboxylic acid groups (broad SMARTS) is 1. The molecule has 0 saturated heterocycles. The van der Waals surface area contributed by atoms with E-state index in [4.69, 9.17) is 5.11 Å². The third-order valence-electron chi connectivity index (χ3n) is 2.55. The maximum absolute atomic E-state index is 11.6. The fraction of sp³-hybridized carbons (Fsp3) is 0.417. The Hall–Kier alpha value is -1.91. The zero-order valence-electron chi connectivity index (χ0n) is 9.93. The van der Waals surface area contributed by atoms with Gasteiger partial charge in [0.1, 0.15) is 5.69 Å². The molecule has 92 valence electrons. The van der Waals surface area contributed by atoms with Crippen LogP contribution in [-0.4, -0.2) is 28.5 Å². The highest BCUT2D eigenvalue weighted by Crippen LogP contribution is 2.02. The molecule has 0 fully saturated rings. The number of hydrogen-bond acceptors (Lipinski definition) is 3. The Morgan fingerprint density at radius 3 is 2.65 bits per heavy atom. The van der Waals surface area contributed by atoms with Gasteiger partial charge >= 0.3 is 5.97 Å². The van der Waals surface area contributed by atoms with Gasteiger partial charge in [0, 0.05) is 12.7 Å². The van der Waals surface area contributed by atoms with Crippen molar-refractivity contribution in [1.82, 2.24) is 10.3 Å². The van der Waals surface area contributed by atoms with E-state index >= 15 is 0 Å². The maximum atomic E-state index is 11.6. The van der Waals surface area contributed by atoms with Gasteiger partial charge in [0.05, 0.1) is 5.56 Å². The molecular formula is C12H16N2O3. The minimum absolute atomic E-state index is 0.0727. The minimum Gasteiger partial charge on any atom is -0.478 e. The molecular weight excluding hydrogens is 220 g/mol. The van der Waals surface area contributed by atoms with Crippen LogP contribution in [0, 0.1) is 5.92 Å². The second-order valence-electron chi connectivity index (χ2n) is 3.96. The summed E-state index contributed by atoms with van der Waals surface area (Å²) in [5.74, 6) is -0.913. The fourth-order valence-electron chi connectivity index (χ4n) is 1.16. The molecule has 1 atom stereocenters. The highest BCUT2D eigenvalue weighted by Gasteiger charge is 2.09. The number of amides is 1. The summed E-state index contributed by atoms with van der Waals surface area (Å²) in [4.78, 5) is 26.0. The van der Waals surface area contributed by atoms with Gasteiger partial charge in [-0.1, -0.05) is 20.3 Å². The summed E-state index contributed by atoms with van der Waals surface area (Å²) in [6.45, 7) is 4.69. The minimum atomic E-state index is -1.05. The largest absolute Gasteiger partial charge is 0.478 e. The van der Waals surface area contributed by atoms with Crippen molar-refractivity contribution in [3.63, 3.8) is 0 Å². The third-order valence-corrected chi connectivity index (χ3v) is 2.55. The third kappa shape index (κ3) is 3.86. The topological polar surface area (TPSA) is 79.3 Å². The van der Waals surface area contributed by atoms with Crippen LogP contribution in [0.3, 0.4) is 0 Å². The molecule has 0 aliphatic rings. The lowest BCUT2D eigenvalue weighted by Crippen LogP contribution is -2.28. The number of rotatable bonds is 5. The van der Waals surface area contributed by atoms with Crippen molar-refractivity contribution in [3.05, 3.63) is 29.6 Å². The summed E-state index contributed by atoms with van der Waals surface area (Å²) in [6.07, 6.45) is 2.17. The molecule has 0 aliphatic heterocycles. The number of hydrogen-bond donors (Lipinski definition) is 2. The fourth-order valence-corrected chi connectivity index (χ4v) is 1.16. The summed E-state index contributed by atoms with van der Waals surface area (Å²) in [6, 6.07) is 2.78. The second kappa shape index (κ2) is 5.98. The summed E-state index contributed by atoms with van der Waals surface area (Å²) in [7, 11) is 0. The van der Waals surface area contributed by atoms with Gasteiger partial charge in [0.25, 0.3) is 5.91 Å². The van der Waals surface area contributed by atoms with Crippen LogP contribution in [0.5, 0.6) is 0 Å². The summed E-state index contributed by atoms with van der Waals surface area (Å²) in [5, 5.41) is 11.4. The van der Waals surface area contributed by atoms with Crippen molar-refractivity contribution in [2.45, 2.75) is 20.3 Å². The molecule has 0 spiro atoms. The average Bonchev–Trinajstić information content (AvgIpc) is 2.35. The molecule has 0 aromatic carbocycles. The van der Waals surface area contributed by atoms with Gasteiger partial charge in [0.2, 0.25) is 0 Å². The number of aromatic nitrogens is 1. The van der Waals surface area contributed by atoms with Gasteiger partial charge in [-0.05, 0) is 18.1 Å². The van der Waals surface area contributed by atoms with Crippen LogP contribution in [0.4, 0.5) is 0 Å². The lowest BCUT2D eigenvalue weighted by Gasteiger charge is -2.09. The smallest absolute Gasteiger partial charge is 0.337 e. The van der Waals surface area contributed by atoms with Crippen molar-refractivity contribution < 1.29 is 14.7 Å². The number of carbonyl (C=O) groups excluding carboxylic acids is 1. The number of nitrogens with one attached hydrogen (secondary N) is 1. The molecule has 1 aromatic heterocycles. The van der Waals surface area contributed by atoms with Crippen LogP contribution in [0.25, 0.3) is 0 Å². The molecule has 0 radical (unpaired) electrons. The van der Waals surface area contributed by atoms with E-state index in [1.165, 1.54) is 18.3 Å². The van der Waals surface area contributed by atoms with Crippen molar-refractivity contribution in [3.8, 4) is 0 Å². The van der Waals surface area contributed by atoms with Crippen LogP contribution in [0.15, 0.2) is 18.3 Å². The predicted molar refractivity (Wildman–Crippen MR) is 63.0 cm³/mol. The first kappa shape index (κ1) is 13.2. The van der Waals surface area contributed by atoms with E-state index in [0.29, 0.717) is 12.5 Å². The lowest BCUT2D eigenvalue weighted by molar-refractivity contribution is 0.0695. The summed E-state index contributed by atoms with van der Waals surface area (Å²) in [5.41, 5.74) is 0.307. The van der Waals surface area contributed by atoms with E-state index in [1.54, 1.807) is 0 Å². The summed E-state index contributed by atoms with van der Waals surface area (Å²) < 4.78 is 0. The summed E-state index contributed by atoms with van der Waals surface area (Å²) >= 11 is 0. The quantitative estimate of drug-likeness (QED) is 0.813. The number of pyridine rings is 1. The zero-order valence-corrected chi connectivity index (χ0v) is 9.93. The van der Waals surface area contributed by atoms with E-state index in [1.807, 2.05) is 6.92 Å². The number of nitrogens with zero attached hydrogens (tertiary/aromatic N) is 1. The van der Waals surface area contributed by atoms with Crippen molar-refractivity contribution in [2.24, 2.45) is 5.92 Å².